The summed E-state index contributed by atoms with van der Waals surface area (Å²) in [5.41, 5.74) is -2.84. The lowest BCUT2D eigenvalue weighted by molar-refractivity contribution is -0.116. The van der Waals surface area contributed by atoms with E-state index in [2.05, 4.69) is 11.8 Å². The van der Waals surface area contributed by atoms with Crippen LogP contribution in [0, 0.1) is 0 Å². The number of rotatable bonds is 5. The first kappa shape index (κ1) is 18.2. The van der Waals surface area contributed by atoms with Crippen LogP contribution in [0.15, 0.2) is 18.2 Å². The minimum Gasteiger partial charge on any atom is -0.338 e. The van der Waals surface area contributed by atoms with Gasteiger partial charge in [0.25, 0.3) is 0 Å². The lowest BCUT2D eigenvalue weighted by atomic mass is 10.2. The molecule has 1 amide bonds. The third-order valence-corrected chi connectivity index (χ3v) is 6.12. The van der Waals surface area contributed by atoms with E-state index < -0.39 is 5.69 Å². The fourth-order valence-corrected chi connectivity index (χ4v) is 3.59. The molecule has 0 radical (unpaired) electrons. The number of nitrogens with zero attached hydrogens (tertiary/aromatic N) is 1. The number of carbonyl (C=O) groups is 1. The zero-order chi connectivity index (χ0) is 15.5. The van der Waals surface area contributed by atoms with Crippen molar-refractivity contribution in [3.05, 3.63) is 28.2 Å². The zero-order valence-electron chi connectivity index (χ0n) is 10.8. The van der Waals surface area contributed by atoms with E-state index in [1.165, 1.54) is 4.90 Å². The monoisotopic (exact) mass is 373 g/mol. The van der Waals surface area contributed by atoms with E-state index >= 15 is 0 Å². The Bertz CT molecular complexity index is 550. The molecule has 0 saturated carbocycles. The number of halogens is 2. The molecule has 1 aromatic carbocycles. The third-order valence-electron chi connectivity index (χ3n) is 2.32. The van der Waals surface area contributed by atoms with Gasteiger partial charge in [0.05, 0.1) is 15.8 Å². The summed E-state index contributed by atoms with van der Waals surface area (Å²) in [4.78, 5) is 32.1. The molecule has 2 N–H and O–H groups in total. The van der Waals surface area contributed by atoms with Gasteiger partial charge in [0.1, 0.15) is 0 Å². The number of hydrogen-bond donors (Lipinski definition) is 2. The highest BCUT2D eigenvalue weighted by molar-refractivity contribution is 8.67. The van der Waals surface area contributed by atoms with Crippen LogP contribution in [-0.4, -0.2) is 27.5 Å². The predicted octanol–water partition coefficient (Wildman–Crippen LogP) is 3.68. The molecule has 0 fully saturated rings. The molecule has 1 aromatic rings. The maximum Gasteiger partial charge on any atom is 0.242 e. The van der Waals surface area contributed by atoms with Gasteiger partial charge in [-0.05, 0) is 43.9 Å². The average molecular weight is 374 g/mol. The van der Waals surface area contributed by atoms with Gasteiger partial charge in [-0.15, -0.1) is 0 Å². The van der Waals surface area contributed by atoms with Crippen LogP contribution in [0.4, 0.5) is 5.69 Å². The van der Waals surface area contributed by atoms with Crippen LogP contribution in [0.5, 0.6) is 0 Å². The standard InChI is InChI=1S/C11H14Cl2NO3PS2/c1-7(2)14(11(15)6-20-18(16,17)19)8-3-4-9(12)10(13)5-8/h3-5,7H,6H2,1-2H3,(H2,16,17,19). The number of amides is 1. The lowest BCUT2D eigenvalue weighted by Crippen LogP contribution is -2.38. The van der Waals surface area contributed by atoms with Crippen molar-refractivity contribution < 1.29 is 14.6 Å². The summed E-state index contributed by atoms with van der Waals surface area (Å²) < 4.78 is 0. The number of anilines is 1. The Morgan fingerprint density at radius 2 is 2.00 bits per heavy atom. The van der Waals surface area contributed by atoms with Gasteiger partial charge >= 0.3 is 0 Å². The molecule has 0 aliphatic rings. The van der Waals surface area contributed by atoms with E-state index in [0.717, 1.165) is 0 Å². The van der Waals surface area contributed by atoms with Crippen molar-refractivity contribution >= 4 is 63.7 Å². The van der Waals surface area contributed by atoms with Crippen molar-refractivity contribution in [2.45, 2.75) is 19.9 Å². The summed E-state index contributed by atoms with van der Waals surface area (Å²) in [6, 6.07) is 4.78. The van der Waals surface area contributed by atoms with Crippen LogP contribution >= 0.6 is 40.3 Å². The highest BCUT2D eigenvalue weighted by Gasteiger charge is 2.22. The summed E-state index contributed by atoms with van der Waals surface area (Å²) in [5, 5.41) is 0.756. The molecule has 0 saturated heterocycles. The Balaban J connectivity index is 2.96. The van der Waals surface area contributed by atoms with E-state index in [1.54, 1.807) is 18.2 Å². The van der Waals surface area contributed by atoms with Crippen molar-refractivity contribution in [1.29, 1.82) is 0 Å². The molecule has 1 rings (SSSR count). The summed E-state index contributed by atoms with van der Waals surface area (Å²) in [6.07, 6.45) is 0. The highest BCUT2D eigenvalue weighted by atomic mass is 35.5. The second-order valence-corrected chi connectivity index (χ2v) is 11.1. The Kier molecular flexibility index (Phi) is 6.80. The molecule has 0 heterocycles. The molecule has 9 heteroatoms. The first-order valence-electron chi connectivity index (χ1n) is 5.59. The molecule has 4 nitrogen and oxygen atoms in total. The van der Waals surface area contributed by atoms with Gasteiger partial charge in [0, 0.05) is 11.7 Å². The van der Waals surface area contributed by atoms with E-state index in [1.807, 2.05) is 13.8 Å². The summed E-state index contributed by atoms with van der Waals surface area (Å²) in [6.45, 7) is 3.69. The second-order valence-electron chi connectivity index (χ2n) is 4.22. The maximum absolute atomic E-state index is 12.2. The van der Waals surface area contributed by atoms with E-state index in [9.17, 15) is 14.6 Å². The smallest absolute Gasteiger partial charge is 0.242 e. The van der Waals surface area contributed by atoms with Crippen molar-refractivity contribution in [3.63, 3.8) is 0 Å². The minimum atomic E-state index is -3.44. The normalized spacial score (nSPS) is 11.8. The predicted molar refractivity (Wildman–Crippen MR) is 90.3 cm³/mol. The fourth-order valence-electron chi connectivity index (χ4n) is 1.57. The second kappa shape index (κ2) is 7.45. The topological polar surface area (TPSA) is 60.8 Å². The van der Waals surface area contributed by atoms with Crippen LogP contribution < -0.4 is 4.90 Å². The van der Waals surface area contributed by atoms with E-state index in [0.29, 0.717) is 27.1 Å². The summed E-state index contributed by atoms with van der Waals surface area (Å²) in [7, 11) is 0. The van der Waals surface area contributed by atoms with Crippen molar-refractivity contribution in [2.24, 2.45) is 0 Å². The summed E-state index contributed by atoms with van der Waals surface area (Å²) >= 11 is 17.0. The van der Waals surface area contributed by atoms with Gasteiger partial charge in [0.2, 0.25) is 11.6 Å². The molecule has 0 atom stereocenters. The Hall–Kier alpha value is 0.190. The van der Waals surface area contributed by atoms with Crippen LogP contribution in [-0.2, 0) is 16.6 Å². The molecule has 0 spiro atoms. The molecule has 20 heavy (non-hydrogen) atoms. The van der Waals surface area contributed by atoms with Gasteiger partial charge in [-0.1, -0.05) is 34.6 Å². The lowest BCUT2D eigenvalue weighted by Gasteiger charge is -2.27. The molecular weight excluding hydrogens is 360 g/mol. The summed E-state index contributed by atoms with van der Waals surface area (Å²) in [5.74, 6) is -0.386. The van der Waals surface area contributed by atoms with Crippen LogP contribution in [0.3, 0.4) is 0 Å². The highest BCUT2D eigenvalue weighted by Crippen LogP contribution is 2.50. The van der Waals surface area contributed by atoms with Crippen molar-refractivity contribution in [3.8, 4) is 0 Å². The van der Waals surface area contributed by atoms with Gasteiger partial charge < -0.3 is 14.7 Å². The van der Waals surface area contributed by atoms with Gasteiger partial charge in [0.15, 0.2) is 0 Å². The molecule has 0 aliphatic heterocycles. The van der Waals surface area contributed by atoms with Crippen molar-refractivity contribution in [2.75, 3.05) is 10.7 Å². The fraction of sp³-hybridized carbons (Fsp3) is 0.364. The SMILES string of the molecule is CC(C)N(C(=O)CSP(O)(O)=S)c1ccc(Cl)c(Cl)c1. The van der Waals surface area contributed by atoms with Crippen molar-refractivity contribution in [1.82, 2.24) is 0 Å². The largest absolute Gasteiger partial charge is 0.338 e. The molecule has 112 valence electrons. The van der Waals surface area contributed by atoms with E-state index in [-0.39, 0.29) is 17.7 Å². The Morgan fingerprint density at radius 1 is 1.40 bits per heavy atom. The molecule has 0 unspecified atom stereocenters. The number of benzene rings is 1. The quantitative estimate of drug-likeness (QED) is 0.770. The Labute approximate surface area is 137 Å². The first-order chi connectivity index (χ1) is 9.11. The average Bonchev–Trinajstić information content (AvgIpc) is 2.30. The van der Waals surface area contributed by atoms with Crippen LogP contribution in [0.2, 0.25) is 10.0 Å². The molecule has 0 bridgehead atoms. The third kappa shape index (κ3) is 5.53. The first-order valence-corrected chi connectivity index (χ1v) is 10.6. The van der Waals surface area contributed by atoms with E-state index in [4.69, 9.17) is 23.2 Å². The molecule has 0 aromatic heterocycles. The maximum atomic E-state index is 12.2. The number of hydrogen-bond acceptors (Lipinski definition) is 3. The van der Waals surface area contributed by atoms with Crippen LogP contribution in [0.1, 0.15) is 13.8 Å². The van der Waals surface area contributed by atoms with Gasteiger partial charge in [-0.25, -0.2) is 0 Å². The van der Waals surface area contributed by atoms with Gasteiger partial charge in [-0.3, -0.25) is 4.79 Å². The molecular formula is C11H14Cl2NO3PS2. The number of carbonyl (C=O) groups excluding carboxylic acids is 1. The minimum absolute atomic E-state index is 0.108. The van der Waals surface area contributed by atoms with Gasteiger partial charge in [-0.2, -0.15) is 0 Å². The van der Waals surface area contributed by atoms with Crippen LogP contribution in [0.25, 0.3) is 0 Å². The molecule has 0 aliphatic carbocycles. The zero-order valence-corrected chi connectivity index (χ0v) is 14.8. The Morgan fingerprint density at radius 3 is 2.45 bits per heavy atom.